The molecule has 0 bridgehead atoms. The molecule has 0 radical (unpaired) electrons. The Morgan fingerprint density at radius 2 is 1.58 bits per heavy atom. The number of guanidine groups is 1. The van der Waals surface area contributed by atoms with Gasteiger partial charge < -0.3 is 16.0 Å². The van der Waals surface area contributed by atoms with Crippen molar-refractivity contribution in [1.29, 1.82) is 0 Å². The Morgan fingerprint density at radius 3 is 2.15 bits per heavy atom. The highest BCUT2D eigenvalue weighted by Crippen LogP contribution is 2.06. The predicted molar refractivity (Wildman–Crippen MR) is 118 cm³/mol. The second kappa shape index (κ2) is 11.5. The van der Waals surface area contributed by atoms with E-state index in [2.05, 4.69) is 52.1 Å². The predicted octanol–water partition coefficient (Wildman–Crippen LogP) is 3.23. The Balaban J connectivity index is 0.00000338. The summed E-state index contributed by atoms with van der Waals surface area (Å²) >= 11 is 0. The van der Waals surface area contributed by atoms with Crippen LogP contribution in [0.2, 0.25) is 0 Å². The summed E-state index contributed by atoms with van der Waals surface area (Å²) in [6, 6.07) is 16.0. The van der Waals surface area contributed by atoms with Gasteiger partial charge >= 0.3 is 0 Å². The molecule has 0 aliphatic carbocycles. The minimum absolute atomic E-state index is 0. The van der Waals surface area contributed by atoms with Crippen LogP contribution in [-0.4, -0.2) is 25.5 Å². The van der Waals surface area contributed by atoms with Crippen molar-refractivity contribution >= 4 is 35.8 Å². The molecule has 0 saturated carbocycles. The van der Waals surface area contributed by atoms with Gasteiger partial charge in [0.1, 0.15) is 0 Å². The van der Waals surface area contributed by atoms with Crippen molar-refractivity contribution in [2.75, 3.05) is 13.6 Å². The number of aliphatic imine (C=N–C) groups is 1. The summed E-state index contributed by atoms with van der Waals surface area (Å²) in [5.41, 5.74) is 4.15. The first-order chi connectivity index (χ1) is 12.1. The Labute approximate surface area is 172 Å². The zero-order chi connectivity index (χ0) is 18.1. The highest BCUT2D eigenvalue weighted by Gasteiger charge is 2.05. The van der Waals surface area contributed by atoms with E-state index in [0.717, 1.165) is 11.5 Å². The van der Waals surface area contributed by atoms with Crippen LogP contribution in [-0.2, 0) is 13.1 Å². The second-order valence-electron chi connectivity index (χ2n) is 5.83. The van der Waals surface area contributed by atoms with Gasteiger partial charge in [-0.2, -0.15) is 0 Å². The smallest absolute Gasteiger partial charge is 0.251 e. The van der Waals surface area contributed by atoms with Crippen molar-refractivity contribution in [1.82, 2.24) is 16.0 Å². The van der Waals surface area contributed by atoms with Crippen LogP contribution >= 0.6 is 24.0 Å². The molecule has 1 amide bonds. The number of nitrogens with zero attached hydrogens (tertiary/aromatic N) is 1. The molecule has 2 aromatic rings. The fourth-order valence-corrected chi connectivity index (χ4v) is 2.50. The number of hydrogen-bond acceptors (Lipinski definition) is 2. The Bertz CT molecular complexity index is 746. The maximum atomic E-state index is 11.9. The van der Waals surface area contributed by atoms with Gasteiger partial charge in [-0.15, -0.1) is 24.0 Å². The number of halogens is 1. The van der Waals surface area contributed by atoms with Crippen molar-refractivity contribution in [2.45, 2.75) is 26.9 Å². The quantitative estimate of drug-likeness (QED) is 0.348. The fourth-order valence-electron chi connectivity index (χ4n) is 2.50. The zero-order valence-electron chi connectivity index (χ0n) is 15.5. The molecular weight excluding hydrogens is 439 g/mol. The van der Waals surface area contributed by atoms with Crippen LogP contribution in [0, 0.1) is 6.92 Å². The van der Waals surface area contributed by atoms with E-state index in [1.165, 1.54) is 11.1 Å². The lowest BCUT2D eigenvalue weighted by molar-refractivity contribution is 0.0955. The average molecular weight is 466 g/mol. The van der Waals surface area contributed by atoms with Crippen LogP contribution in [0.15, 0.2) is 53.5 Å². The van der Waals surface area contributed by atoms with Crippen LogP contribution in [0.4, 0.5) is 0 Å². The first-order valence-electron chi connectivity index (χ1n) is 8.49. The number of carbonyl (C=O) groups is 1. The highest BCUT2D eigenvalue weighted by molar-refractivity contribution is 14.0. The zero-order valence-corrected chi connectivity index (χ0v) is 17.8. The molecule has 2 rings (SSSR count). The van der Waals surface area contributed by atoms with Crippen LogP contribution in [0.5, 0.6) is 0 Å². The topological polar surface area (TPSA) is 65.5 Å². The molecule has 0 heterocycles. The highest BCUT2D eigenvalue weighted by atomic mass is 127. The maximum Gasteiger partial charge on any atom is 0.251 e. The van der Waals surface area contributed by atoms with Crippen molar-refractivity contribution in [3.63, 3.8) is 0 Å². The lowest BCUT2D eigenvalue weighted by atomic mass is 10.1. The Hall–Kier alpha value is -2.09. The summed E-state index contributed by atoms with van der Waals surface area (Å²) in [7, 11) is 1.75. The molecule has 2 aromatic carbocycles. The van der Waals surface area contributed by atoms with E-state index in [0.29, 0.717) is 25.2 Å². The lowest BCUT2D eigenvalue weighted by Crippen LogP contribution is -2.36. The SMILES string of the molecule is CCNC(=O)c1cccc(CNC(=NC)NCc2cccc(C)c2)c1.I. The monoisotopic (exact) mass is 466 g/mol. The molecule has 140 valence electrons. The normalized spacial score (nSPS) is 10.7. The van der Waals surface area contributed by atoms with E-state index in [1.807, 2.05) is 31.2 Å². The standard InChI is InChI=1S/C20H26N4O.HI/c1-4-22-19(25)18-10-6-9-17(12-18)14-24-20(21-3)23-13-16-8-5-7-15(2)11-16;/h5-12H,4,13-14H2,1-3H3,(H,22,25)(H2,21,23,24);1H. The molecule has 0 saturated heterocycles. The van der Waals surface area contributed by atoms with E-state index in [9.17, 15) is 4.79 Å². The van der Waals surface area contributed by atoms with Gasteiger partial charge in [0.2, 0.25) is 0 Å². The molecule has 3 N–H and O–H groups in total. The molecule has 0 aromatic heterocycles. The summed E-state index contributed by atoms with van der Waals surface area (Å²) in [6.45, 7) is 5.92. The van der Waals surface area contributed by atoms with Gasteiger partial charge in [-0.1, -0.05) is 42.0 Å². The molecule has 0 spiro atoms. The van der Waals surface area contributed by atoms with E-state index < -0.39 is 0 Å². The van der Waals surface area contributed by atoms with Crippen molar-refractivity contribution in [3.05, 3.63) is 70.8 Å². The first kappa shape index (κ1) is 22.0. The molecule has 0 aliphatic heterocycles. The molecule has 5 nitrogen and oxygen atoms in total. The number of benzene rings is 2. The summed E-state index contributed by atoms with van der Waals surface area (Å²) in [5.74, 6) is 0.677. The van der Waals surface area contributed by atoms with Gasteiger partial charge in [0.15, 0.2) is 5.96 Å². The maximum absolute atomic E-state index is 11.9. The van der Waals surface area contributed by atoms with Gasteiger partial charge in [-0.25, -0.2) is 0 Å². The molecule has 0 aliphatic rings. The number of amides is 1. The molecule has 0 unspecified atom stereocenters. The largest absolute Gasteiger partial charge is 0.352 e. The third kappa shape index (κ3) is 7.03. The first-order valence-corrected chi connectivity index (χ1v) is 8.49. The minimum Gasteiger partial charge on any atom is -0.352 e. The summed E-state index contributed by atoms with van der Waals surface area (Å²) in [6.07, 6.45) is 0. The van der Waals surface area contributed by atoms with Gasteiger partial charge in [0.25, 0.3) is 5.91 Å². The van der Waals surface area contributed by atoms with E-state index >= 15 is 0 Å². The molecule has 0 atom stereocenters. The van der Waals surface area contributed by atoms with Crippen molar-refractivity contribution in [3.8, 4) is 0 Å². The Morgan fingerprint density at radius 1 is 0.962 bits per heavy atom. The van der Waals surface area contributed by atoms with Crippen LogP contribution in [0.25, 0.3) is 0 Å². The van der Waals surface area contributed by atoms with Gasteiger partial charge in [0, 0.05) is 32.2 Å². The van der Waals surface area contributed by atoms with E-state index in [-0.39, 0.29) is 29.9 Å². The second-order valence-corrected chi connectivity index (χ2v) is 5.83. The van der Waals surface area contributed by atoms with Crippen molar-refractivity contribution < 1.29 is 4.79 Å². The summed E-state index contributed by atoms with van der Waals surface area (Å²) in [4.78, 5) is 16.2. The average Bonchev–Trinajstić information content (AvgIpc) is 2.62. The number of rotatable bonds is 6. The Kier molecular flexibility index (Phi) is 9.72. The fraction of sp³-hybridized carbons (Fsp3) is 0.300. The number of nitrogens with one attached hydrogen (secondary N) is 3. The van der Waals surface area contributed by atoms with Crippen LogP contribution in [0.3, 0.4) is 0 Å². The van der Waals surface area contributed by atoms with E-state index in [4.69, 9.17) is 0 Å². The van der Waals surface area contributed by atoms with E-state index in [1.54, 1.807) is 7.05 Å². The van der Waals surface area contributed by atoms with Crippen LogP contribution in [0.1, 0.15) is 34.0 Å². The number of aryl methyl sites for hydroxylation is 1. The van der Waals surface area contributed by atoms with Crippen molar-refractivity contribution in [2.24, 2.45) is 4.99 Å². The van der Waals surface area contributed by atoms with Gasteiger partial charge in [0.05, 0.1) is 0 Å². The number of hydrogen-bond donors (Lipinski definition) is 3. The third-order valence-electron chi connectivity index (χ3n) is 3.75. The lowest BCUT2D eigenvalue weighted by Gasteiger charge is -2.13. The number of carbonyl (C=O) groups excluding carboxylic acids is 1. The van der Waals surface area contributed by atoms with Gasteiger partial charge in [-0.05, 0) is 37.1 Å². The molecule has 0 fully saturated rings. The van der Waals surface area contributed by atoms with Gasteiger partial charge in [-0.3, -0.25) is 9.79 Å². The minimum atomic E-state index is -0.0497. The molecular formula is C20H27IN4O. The summed E-state index contributed by atoms with van der Waals surface area (Å²) < 4.78 is 0. The summed E-state index contributed by atoms with van der Waals surface area (Å²) in [5, 5.41) is 9.39. The third-order valence-corrected chi connectivity index (χ3v) is 3.75. The molecule has 6 heteroatoms. The van der Waals surface area contributed by atoms with Crippen LogP contribution < -0.4 is 16.0 Å². The molecule has 26 heavy (non-hydrogen) atoms.